The summed E-state index contributed by atoms with van der Waals surface area (Å²) in [6, 6.07) is 17.3. The Balaban J connectivity index is 1.12. The van der Waals surface area contributed by atoms with Crippen LogP contribution in [0.25, 0.3) is 0 Å². The van der Waals surface area contributed by atoms with Gasteiger partial charge in [0, 0.05) is 31.8 Å². The molecule has 3 aromatic rings. The molecule has 0 saturated carbocycles. The van der Waals surface area contributed by atoms with E-state index in [0.717, 1.165) is 61.6 Å². The standard InChI is InChI=1S/C28H35N5O3S/c1-2-15-29-26(35)24-10-8-23(9-11-24)20-36-18-14-21-12-16-33(17-13-21)28-32-31-27(37-28)30-25(34)19-22-6-4-3-5-7-22/h3-11,21H,2,12-20H2,1H3,(H,29,35)(H,30,31,34). The minimum atomic E-state index is -0.0824. The molecule has 9 heteroatoms. The molecule has 2 N–H and O–H groups in total. The van der Waals surface area contributed by atoms with Gasteiger partial charge < -0.3 is 20.3 Å². The zero-order valence-electron chi connectivity index (χ0n) is 21.3. The van der Waals surface area contributed by atoms with E-state index in [9.17, 15) is 9.59 Å². The third kappa shape index (κ3) is 8.36. The second kappa shape index (κ2) is 13.9. The summed E-state index contributed by atoms with van der Waals surface area (Å²) in [6.07, 6.45) is 4.45. The first-order chi connectivity index (χ1) is 18.1. The number of carbonyl (C=O) groups excluding carboxylic acids is 2. The number of aromatic nitrogens is 2. The molecule has 1 aromatic heterocycles. The molecule has 1 aliphatic rings. The fraction of sp³-hybridized carbons (Fsp3) is 0.429. The lowest BCUT2D eigenvalue weighted by Gasteiger charge is -2.31. The van der Waals surface area contributed by atoms with E-state index >= 15 is 0 Å². The van der Waals surface area contributed by atoms with Crippen molar-refractivity contribution in [3.63, 3.8) is 0 Å². The Morgan fingerprint density at radius 1 is 1.03 bits per heavy atom. The van der Waals surface area contributed by atoms with E-state index in [1.165, 1.54) is 11.3 Å². The largest absolute Gasteiger partial charge is 0.377 e. The molecular formula is C28H35N5O3S. The van der Waals surface area contributed by atoms with Crippen molar-refractivity contribution < 1.29 is 14.3 Å². The number of amides is 2. The molecule has 196 valence electrons. The summed E-state index contributed by atoms with van der Waals surface area (Å²) in [5.41, 5.74) is 2.73. The molecule has 0 spiro atoms. The molecule has 1 fully saturated rings. The minimum absolute atomic E-state index is 0.0294. The molecule has 0 unspecified atom stereocenters. The van der Waals surface area contributed by atoms with Gasteiger partial charge in [-0.1, -0.05) is 60.7 Å². The lowest BCUT2D eigenvalue weighted by Crippen LogP contribution is -2.33. The average molecular weight is 522 g/mol. The molecule has 0 bridgehead atoms. The summed E-state index contributed by atoms with van der Waals surface area (Å²) >= 11 is 1.43. The zero-order chi connectivity index (χ0) is 25.9. The van der Waals surface area contributed by atoms with Gasteiger partial charge in [0.2, 0.25) is 16.2 Å². The van der Waals surface area contributed by atoms with E-state index in [1.54, 1.807) is 0 Å². The molecule has 2 amide bonds. The Bertz CT molecular complexity index is 1130. The highest BCUT2D eigenvalue weighted by molar-refractivity contribution is 7.19. The summed E-state index contributed by atoms with van der Waals surface area (Å²) in [4.78, 5) is 26.5. The lowest BCUT2D eigenvalue weighted by molar-refractivity contribution is -0.115. The third-order valence-electron chi connectivity index (χ3n) is 6.44. The second-order valence-corrected chi connectivity index (χ2v) is 10.3. The molecule has 1 saturated heterocycles. The molecule has 4 rings (SSSR count). The number of nitrogens with one attached hydrogen (secondary N) is 2. The van der Waals surface area contributed by atoms with Gasteiger partial charge >= 0.3 is 0 Å². The highest BCUT2D eigenvalue weighted by Gasteiger charge is 2.22. The highest BCUT2D eigenvalue weighted by atomic mass is 32.1. The normalized spacial score (nSPS) is 13.9. The van der Waals surface area contributed by atoms with Crippen molar-refractivity contribution >= 4 is 33.4 Å². The van der Waals surface area contributed by atoms with Gasteiger partial charge in [-0.3, -0.25) is 9.59 Å². The molecule has 0 aliphatic carbocycles. The second-order valence-electron chi connectivity index (χ2n) is 9.32. The number of piperidine rings is 1. The zero-order valence-corrected chi connectivity index (χ0v) is 22.1. The fourth-order valence-corrected chi connectivity index (χ4v) is 5.10. The van der Waals surface area contributed by atoms with Crippen LogP contribution < -0.4 is 15.5 Å². The van der Waals surface area contributed by atoms with Crippen LogP contribution in [0.1, 0.15) is 54.1 Å². The van der Waals surface area contributed by atoms with Crippen LogP contribution in [0, 0.1) is 5.92 Å². The van der Waals surface area contributed by atoms with Crippen molar-refractivity contribution in [1.29, 1.82) is 0 Å². The van der Waals surface area contributed by atoms with Crippen molar-refractivity contribution in [1.82, 2.24) is 15.5 Å². The van der Waals surface area contributed by atoms with Crippen LogP contribution in [-0.2, 0) is 22.6 Å². The van der Waals surface area contributed by atoms with Crippen molar-refractivity contribution in [3.05, 3.63) is 71.3 Å². The summed E-state index contributed by atoms with van der Waals surface area (Å²) in [7, 11) is 0. The third-order valence-corrected chi connectivity index (χ3v) is 7.34. The van der Waals surface area contributed by atoms with Crippen LogP contribution in [0.2, 0.25) is 0 Å². The predicted molar refractivity (Wildman–Crippen MR) is 147 cm³/mol. The Labute approximate surface area is 222 Å². The quantitative estimate of drug-likeness (QED) is 0.336. The summed E-state index contributed by atoms with van der Waals surface area (Å²) in [5.74, 6) is 0.512. The van der Waals surface area contributed by atoms with Gasteiger partial charge in [-0.05, 0) is 54.9 Å². The van der Waals surface area contributed by atoms with Crippen LogP contribution in [0.4, 0.5) is 10.3 Å². The van der Waals surface area contributed by atoms with Crippen molar-refractivity contribution in [2.45, 2.75) is 45.6 Å². The Morgan fingerprint density at radius 2 is 1.78 bits per heavy atom. The minimum Gasteiger partial charge on any atom is -0.377 e. The van der Waals surface area contributed by atoms with Crippen LogP contribution in [0.15, 0.2) is 54.6 Å². The Kier molecular flexibility index (Phi) is 10.0. The van der Waals surface area contributed by atoms with E-state index in [1.807, 2.05) is 61.5 Å². The van der Waals surface area contributed by atoms with Gasteiger partial charge in [-0.2, -0.15) is 0 Å². The smallest absolute Gasteiger partial charge is 0.251 e. The van der Waals surface area contributed by atoms with E-state index in [4.69, 9.17) is 4.74 Å². The highest BCUT2D eigenvalue weighted by Crippen LogP contribution is 2.29. The van der Waals surface area contributed by atoms with Crippen molar-refractivity contribution in [2.24, 2.45) is 5.92 Å². The molecule has 1 aliphatic heterocycles. The number of nitrogens with zero attached hydrogens (tertiary/aromatic N) is 3. The molecule has 8 nitrogen and oxygen atoms in total. The maximum Gasteiger partial charge on any atom is 0.251 e. The van der Waals surface area contributed by atoms with E-state index < -0.39 is 0 Å². The number of carbonyl (C=O) groups is 2. The SMILES string of the molecule is CCCNC(=O)c1ccc(COCCC2CCN(c3nnc(NC(=O)Cc4ccccc4)s3)CC2)cc1. The lowest BCUT2D eigenvalue weighted by atomic mass is 9.94. The average Bonchev–Trinajstić information content (AvgIpc) is 3.39. The number of hydrogen-bond acceptors (Lipinski definition) is 7. The maximum atomic E-state index is 12.3. The molecule has 2 aromatic carbocycles. The number of hydrogen-bond donors (Lipinski definition) is 2. The van der Waals surface area contributed by atoms with E-state index in [-0.39, 0.29) is 11.8 Å². The van der Waals surface area contributed by atoms with Crippen LogP contribution in [-0.4, -0.2) is 48.3 Å². The number of anilines is 2. The number of benzene rings is 2. The van der Waals surface area contributed by atoms with Gasteiger partial charge in [-0.15, -0.1) is 10.2 Å². The van der Waals surface area contributed by atoms with Crippen LogP contribution in [0.3, 0.4) is 0 Å². The van der Waals surface area contributed by atoms with E-state index in [2.05, 4.69) is 25.7 Å². The first kappa shape index (κ1) is 26.8. The number of ether oxygens (including phenoxy) is 1. The van der Waals surface area contributed by atoms with E-state index in [0.29, 0.717) is 36.2 Å². The van der Waals surface area contributed by atoms with Gasteiger partial charge in [0.25, 0.3) is 5.91 Å². The van der Waals surface area contributed by atoms with Gasteiger partial charge in [0.15, 0.2) is 0 Å². The van der Waals surface area contributed by atoms with Crippen LogP contribution in [0.5, 0.6) is 0 Å². The molecular weight excluding hydrogens is 486 g/mol. The van der Waals surface area contributed by atoms with Gasteiger partial charge in [0.1, 0.15) is 0 Å². The fourth-order valence-electron chi connectivity index (χ4n) is 4.28. The predicted octanol–water partition coefficient (Wildman–Crippen LogP) is 4.68. The van der Waals surface area contributed by atoms with Crippen molar-refractivity contribution in [2.75, 3.05) is 36.5 Å². The first-order valence-electron chi connectivity index (χ1n) is 13.0. The van der Waals surface area contributed by atoms with Crippen molar-refractivity contribution in [3.8, 4) is 0 Å². The topological polar surface area (TPSA) is 96.4 Å². The van der Waals surface area contributed by atoms with Gasteiger partial charge in [0.05, 0.1) is 13.0 Å². The maximum absolute atomic E-state index is 12.3. The molecule has 0 radical (unpaired) electrons. The Hall–Kier alpha value is -3.30. The Morgan fingerprint density at radius 3 is 2.51 bits per heavy atom. The van der Waals surface area contributed by atoms with Gasteiger partial charge in [-0.25, -0.2) is 0 Å². The molecule has 37 heavy (non-hydrogen) atoms. The number of rotatable bonds is 12. The molecule has 2 heterocycles. The summed E-state index contributed by atoms with van der Waals surface area (Å²) < 4.78 is 5.91. The molecule has 0 atom stereocenters. The summed E-state index contributed by atoms with van der Waals surface area (Å²) in [5, 5.41) is 15.6. The monoisotopic (exact) mass is 521 g/mol. The van der Waals surface area contributed by atoms with Crippen LogP contribution >= 0.6 is 11.3 Å². The first-order valence-corrected chi connectivity index (χ1v) is 13.8. The summed E-state index contributed by atoms with van der Waals surface area (Å²) in [6.45, 7) is 5.86.